The van der Waals surface area contributed by atoms with Gasteiger partial charge in [-0.25, -0.2) is 0 Å². The quantitative estimate of drug-likeness (QED) is 0.240. The van der Waals surface area contributed by atoms with Crippen LogP contribution in [-0.2, 0) is 4.43 Å². The van der Waals surface area contributed by atoms with Crippen molar-refractivity contribution in [2.24, 2.45) is 5.73 Å². The molecule has 5 nitrogen and oxygen atoms in total. The molecule has 0 spiro atoms. The van der Waals surface area contributed by atoms with E-state index in [2.05, 4.69) is 52.3 Å². The molecule has 0 amide bonds. The maximum atomic E-state index is 6.18. The Morgan fingerprint density at radius 2 is 1.92 bits per heavy atom. The molecule has 0 atom stereocenters. The molecular weight excluding hydrogens is 342 g/mol. The third-order valence-corrected chi connectivity index (χ3v) is 9.28. The second kappa shape index (κ2) is 9.14. The first-order valence-corrected chi connectivity index (χ1v) is 11.9. The molecule has 0 saturated heterocycles. The number of hydrogen-bond acceptors (Lipinski definition) is 5. The molecule has 5 N–H and O–H groups in total. The molecule has 0 heterocycles. The van der Waals surface area contributed by atoms with Crippen molar-refractivity contribution in [3.05, 3.63) is 36.9 Å². The fourth-order valence-corrected chi connectivity index (χ4v) is 3.17. The Morgan fingerprint density at radius 1 is 1.27 bits per heavy atom. The van der Waals surface area contributed by atoms with Gasteiger partial charge in [-0.3, -0.25) is 0 Å². The van der Waals surface area contributed by atoms with Crippen molar-refractivity contribution in [3.63, 3.8) is 0 Å². The van der Waals surface area contributed by atoms with Crippen LogP contribution in [0.25, 0.3) is 5.70 Å². The Kier molecular flexibility index (Phi) is 7.78. The highest BCUT2D eigenvalue weighted by Crippen LogP contribution is 2.37. The van der Waals surface area contributed by atoms with Gasteiger partial charge in [-0.2, -0.15) is 0 Å². The van der Waals surface area contributed by atoms with Gasteiger partial charge in [0.2, 0.25) is 0 Å². The molecule has 147 valence electrons. The van der Waals surface area contributed by atoms with Crippen molar-refractivity contribution in [3.8, 4) is 5.75 Å². The largest absolute Gasteiger partial charge is 0.564 e. The second-order valence-corrected chi connectivity index (χ2v) is 12.8. The van der Waals surface area contributed by atoms with Crippen molar-refractivity contribution < 1.29 is 9.16 Å². The van der Waals surface area contributed by atoms with Gasteiger partial charge in [0, 0.05) is 30.8 Å². The van der Waals surface area contributed by atoms with Crippen LogP contribution in [0.2, 0.25) is 18.1 Å². The van der Waals surface area contributed by atoms with Crippen molar-refractivity contribution in [1.29, 1.82) is 0 Å². The van der Waals surface area contributed by atoms with E-state index in [1.54, 1.807) is 12.1 Å². The number of anilines is 2. The van der Waals surface area contributed by atoms with Crippen molar-refractivity contribution in [1.82, 2.24) is 0 Å². The molecule has 1 aromatic rings. The van der Waals surface area contributed by atoms with Crippen LogP contribution in [0.1, 0.15) is 32.8 Å². The SMILES string of the molecule is C=CCNc1c(N)cc(C(=C)N)cc1OCCCO[Si-](C)(C)C(C)(C)C. The number of rotatable bonds is 10. The van der Waals surface area contributed by atoms with Crippen LogP contribution in [0.5, 0.6) is 5.75 Å². The normalized spacial score (nSPS) is 11.9. The smallest absolute Gasteiger partial charge is 0.145 e. The van der Waals surface area contributed by atoms with Gasteiger partial charge >= 0.3 is 0 Å². The minimum absolute atomic E-state index is 0.208. The molecule has 0 saturated carbocycles. The summed E-state index contributed by atoms with van der Waals surface area (Å²) in [4.78, 5) is 0. The second-order valence-electron chi connectivity index (χ2n) is 7.94. The molecular formula is C20H35N3O2Si-. The first-order chi connectivity index (χ1) is 12.0. The van der Waals surface area contributed by atoms with Crippen molar-refractivity contribution in [2.75, 3.05) is 30.8 Å². The minimum atomic E-state index is -1.72. The van der Waals surface area contributed by atoms with Crippen LogP contribution in [0.15, 0.2) is 31.4 Å². The zero-order valence-electron chi connectivity index (χ0n) is 16.9. The maximum absolute atomic E-state index is 6.18. The summed E-state index contributed by atoms with van der Waals surface area (Å²) in [6, 6.07) is 3.65. The first kappa shape index (κ1) is 22.1. The zero-order valence-corrected chi connectivity index (χ0v) is 17.9. The Balaban J connectivity index is 2.73. The topological polar surface area (TPSA) is 82.5 Å². The van der Waals surface area contributed by atoms with Gasteiger partial charge in [0.15, 0.2) is 0 Å². The molecule has 1 rings (SSSR count). The molecule has 1 aromatic carbocycles. The molecule has 0 unspecified atom stereocenters. The molecule has 0 aliphatic carbocycles. The lowest BCUT2D eigenvalue weighted by atomic mass is 10.1. The van der Waals surface area contributed by atoms with E-state index in [1.807, 2.05) is 6.07 Å². The van der Waals surface area contributed by atoms with Crippen molar-refractivity contribution >= 4 is 25.4 Å². The lowest BCUT2D eigenvalue weighted by molar-refractivity contribution is 0.234. The van der Waals surface area contributed by atoms with Gasteiger partial charge < -0.3 is 25.9 Å². The third-order valence-electron chi connectivity index (χ3n) is 4.74. The van der Waals surface area contributed by atoms with Gasteiger partial charge in [-0.15, -0.1) is 24.7 Å². The first-order valence-electron chi connectivity index (χ1n) is 8.99. The fraction of sp³-hybridized carbons (Fsp3) is 0.500. The highest BCUT2D eigenvalue weighted by molar-refractivity contribution is 6.74. The predicted octanol–water partition coefficient (Wildman–Crippen LogP) is 4.59. The lowest BCUT2D eigenvalue weighted by Crippen LogP contribution is -2.41. The summed E-state index contributed by atoms with van der Waals surface area (Å²) in [7, 11) is -1.72. The number of nitrogen functional groups attached to an aromatic ring is 1. The summed E-state index contributed by atoms with van der Waals surface area (Å²) >= 11 is 0. The zero-order chi connectivity index (χ0) is 20.0. The van der Waals surface area contributed by atoms with E-state index in [0.29, 0.717) is 36.9 Å². The Bertz CT molecular complexity index is 637. The van der Waals surface area contributed by atoms with Crippen LogP contribution < -0.4 is 21.5 Å². The molecule has 0 fully saturated rings. The molecule has 0 radical (unpaired) electrons. The van der Waals surface area contributed by atoms with E-state index in [-0.39, 0.29) is 5.04 Å². The Labute approximate surface area is 159 Å². The highest BCUT2D eigenvalue weighted by atomic mass is 28.4. The average Bonchev–Trinajstić information content (AvgIpc) is 2.52. The van der Waals surface area contributed by atoms with Gasteiger partial charge in [-0.05, 0) is 20.5 Å². The van der Waals surface area contributed by atoms with Crippen LogP contribution in [-0.4, -0.2) is 28.1 Å². The van der Waals surface area contributed by atoms with Crippen LogP contribution in [0.4, 0.5) is 11.4 Å². The maximum Gasteiger partial charge on any atom is 0.145 e. The predicted molar refractivity (Wildman–Crippen MR) is 116 cm³/mol. The van der Waals surface area contributed by atoms with Crippen LogP contribution in [0.3, 0.4) is 0 Å². The Morgan fingerprint density at radius 3 is 2.46 bits per heavy atom. The number of nitrogens with one attached hydrogen (secondary N) is 1. The monoisotopic (exact) mass is 377 g/mol. The third kappa shape index (κ3) is 6.11. The summed E-state index contributed by atoms with van der Waals surface area (Å²) in [6.45, 7) is 20.5. The summed E-state index contributed by atoms with van der Waals surface area (Å²) in [5, 5.41) is 3.43. The summed E-state index contributed by atoms with van der Waals surface area (Å²) in [6.07, 6.45) is 2.58. The standard InChI is InChI=1S/C20H35N3O2Si/c1-8-10-23-19-17(22)13-16(15(2)21)14-18(19)24-11-9-12-25-26(6,7)20(3,4)5/h8,13-14,23H,1-2,9-12,21-22H2,3-7H3/q-1. The minimum Gasteiger partial charge on any atom is -0.564 e. The molecule has 26 heavy (non-hydrogen) atoms. The lowest BCUT2D eigenvalue weighted by Gasteiger charge is -2.48. The van der Waals surface area contributed by atoms with E-state index >= 15 is 0 Å². The van der Waals surface area contributed by atoms with E-state index in [4.69, 9.17) is 20.6 Å². The van der Waals surface area contributed by atoms with E-state index < -0.39 is 8.32 Å². The fourth-order valence-electron chi connectivity index (χ4n) is 2.08. The molecule has 0 aliphatic heterocycles. The molecule has 0 aromatic heterocycles. The molecule has 0 aliphatic rings. The van der Waals surface area contributed by atoms with Gasteiger partial charge in [0.1, 0.15) is 11.4 Å². The number of nitrogens with two attached hydrogens (primary N) is 2. The van der Waals surface area contributed by atoms with Crippen LogP contribution in [0, 0.1) is 0 Å². The Hall–Kier alpha value is -1.92. The van der Waals surface area contributed by atoms with E-state index in [0.717, 1.165) is 17.7 Å². The summed E-state index contributed by atoms with van der Waals surface area (Å²) < 4.78 is 12.2. The summed E-state index contributed by atoms with van der Waals surface area (Å²) in [5.41, 5.74) is 14.5. The van der Waals surface area contributed by atoms with Gasteiger partial charge in [-0.1, -0.05) is 33.4 Å². The van der Waals surface area contributed by atoms with Crippen LogP contribution >= 0.6 is 0 Å². The number of ether oxygens (including phenoxy) is 1. The number of benzene rings is 1. The average molecular weight is 378 g/mol. The number of hydrogen-bond donors (Lipinski definition) is 3. The van der Waals surface area contributed by atoms with E-state index in [1.165, 1.54) is 0 Å². The van der Waals surface area contributed by atoms with Crippen molar-refractivity contribution in [2.45, 2.75) is 45.3 Å². The van der Waals surface area contributed by atoms with Gasteiger partial charge in [0.25, 0.3) is 0 Å². The highest BCUT2D eigenvalue weighted by Gasteiger charge is 2.24. The van der Waals surface area contributed by atoms with E-state index in [9.17, 15) is 0 Å². The molecule has 0 bridgehead atoms. The molecule has 6 heteroatoms. The van der Waals surface area contributed by atoms with Gasteiger partial charge in [0.05, 0.1) is 12.3 Å². The summed E-state index contributed by atoms with van der Waals surface area (Å²) in [5.74, 6) is 0.667.